The van der Waals surface area contributed by atoms with Gasteiger partial charge in [-0.2, -0.15) is 0 Å². The van der Waals surface area contributed by atoms with Gasteiger partial charge in [-0.1, -0.05) is 18.2 Å². The van der Waals surface area contributed by atoms with Crippen molar-refractivity contribution in [3.05, 3.63) is 35.6 Å². The highest BCUT2D eigenvalue weighted by Gasteiger charge is 2.27. The Balaban J connectivity index is 0.00000112. The number of hydrogen-bond donors (Lipinski definition) is 1. The molecular formula is C11H14ClF2N. The van der Waals surface area contributed by atoms with Crippen LogP contribution in [0.25, 0.3) is 0 Å². The van der Waals surface area contributed by atoms with Gasteiger partial charge in [0.25, 0.3) is 0 Å². The van der Waals surface area contributed by atoms with Crippen LogP contribution in [0, 0.1) is 5.82 Å². The summed E-state index contributed by atoms with van der Waals surface area (Å²) in [6.45, 7) is 0.763. The van der Waals surface area contributed by atoms with Gasteiger partial charge in [0.2, 0.25) is 0 Å². The van der Waals surface area contributed by atoms with Crippen LogP contribution in [0.4, 0.5) is 8.78 Å². The number of rotatable bonds is 1. The predicted octanol–water partition coefficient (Wildman–Crippen LogP) is 3.01. The largest absolute Gasteiger partial charge is 0.307 e. The quantitative estimate of drug-likeness (QED) is 0.786. The van der Waals surface area contributed by atoms with Crippen LogP contribution in [0.1, 0.15) is 24.4 Å². The Kier molecular flexibility index (Phi) is 4.48. The molecule has 1 aliphatic rings. The fraction of sp³-hybridized carbons (Fsp3) is 0.455. The normalized spacial score (nSPS) is 25.7. The highest BCUT2D eigenvalue weighted by atomic mass is 35.5. The second-order valence-electron chi connectivity index (χ2n) is 3.61. The van der Waals surface area contributed by atoms with Crippen molar-refractivity contribution in [1.82, 2.24) is 5.32 Å². The third-order valence-corrected chi connectivity index (χ3v) is 2.62. The van der Waals surface area contributed by atoms with E-state index < -0.39 is 12.2 Å². The molecule has 1 nitrogen and oxygen atoms in total. The minimum absolute atomic E-state index is 0. The lowest BCUT2D eigenvalue weighted by Gasteiger charge is -2.27. The Bertz CT molecular complexity index is 319. The molecule has 0 bridgehead atoms. The van der Waals surface area contributed by atoms with E-state index in [1.165, 1.54) is 6.07 Å². The number of nitrogens with one attached hydrogen (secondary N) is 1. The summed E-state index contributed by atoms with van der Waals surface area (Å²) in [4.78, 5) is 0. The van der Waals surface area contributed by atoms with E-state index in [1.807, 2.05) is 0 Å². The second-order valence-corrected chi connectivity index (χ2v) is 3.61. The van der Waals surface area contributed by atoms with E-state index in [0.29, 0.717) is 12.0 Å². The molecule has 0 aliphatic carbocycles. The summed E-state index contributed by atoms with van der Waals surface area (Å²) in [5, 5.41) is 3.01. The van der Waals surface area contributed by atoms with Gasteiger partial charge < -0.3 is 5.32 Å². The van der Waals surface area contributed by atoms with Crippen molar-refractivity contribution in [2.75, 3.05) is 6.54 Å². The van der Waals surface area contributed by atoms with E-state index in [0.717, 1.165) is 13.0 Å². The van der Waals surface area contributed by atoms with E-state index in [4.69, 9.17) is 0 Å². The summed E-state index contributed by atoms with van der Waals surface area (Å²) in [5.74, 6) is -0.324. The summed E-state index contributed by atoms with van der Waals surface area (Å²) >= 11 is 0. The van der Waals surface area contributed by atoms with Crippen molar-refractivity contribution in [2.24, 2.45) is 0 Å². The average Bonchev–Trinajstić information content (AvgIpc) is 2.20. The molecule has 0 spiro atoms. The molecule has 1 heterocycles. The van der Waals surface area contributed by atoms with Crippen LogP contribution in [0.5, 0.6) is 0 Å². The second kappa shape index (κ2) is 5.42. The number of hydrogen-bond acceptors (Lipinski definition) is 1. The molecule has 2 atom stereocenters. The molecule has 0 aromatic heterocycles. The van der Waals surface area contributed by atoms with Crippen LogP contribution in [0.2, 0.25) is 0 Å². The van der Waals surface area contributed by atoms with Crippen molar-refractivity contribution in [2.45, 2.75) is 25.1 Å². The Morgan fingerprint density at radius 3 is 2.67 bits per heavy atom. The maximum atomic E-state index is 13.5. The Morgan fingerprint density at radius 2 is 2.00 bits per heavy atom. The van der Waals surface area contributed by atoms with Gasteiger partial charge in [0.15, 0.2) is 0 Å². The SMILES string of the molecule is Cl.Fc1ccccc1C1NCCCC1F. The number of benzene rings is 1. The van der Waals surface area contributed by atoms with Gasteiger partial charge in [0, 0.05) is 5.56 Å². The third kappa shape index (κ3) is 2.67. The zero-order chi connectivity index (χ0) is 9.97. The van der Waals surface area contributed by atoms with Crippen LogP contribution in [-0.2, 0) is 0 Å². The van der Waals surface area contributed by atoms with E-state index in [2.05, 4.69) is 5.32 Å². The maximum absolute atomic E-state index is 13.5. The molecule has 0 saturated carbocycles. The zero-order valence-electron chi connectivity index (χ0n) is 8.25. The van der Waals surface area contributed by atoms with E-state index in [9.17, 15) is 8.78 Å². The van der Waals surface area contributed by atoms with Crippen LogP contribution in [0.15, 0.2) is 24.3 Å². The monoisotopic (exact) mass is 233 g/mol. The zero-order valence-corrected chi connectivity index (χ0v) is 9.07. The standard InChI is InChI=1S/C11H13F2N.ClH/c12-9-5-2-1-4-8(9)11-10(13)6-3-7-14-11;/h1-2,4-5,10-11,14H,3,6-7H2;1H. The molecule has 1 saturated heterocycles. The van der Waals surface area contributed by atoms with E-state index in [1.54, 1.807) is 18.2 Å². The molecule has 1 fully saturated rings. The van der Waals surface area contributed by atoms with E-state index >= 15 is 0 Å². The first kappa shape index (κ1) is 12.4. The lowest BCUT2D eigenvalue weighted by molar-refractivity contribution is 0.198. The van der Waals surface area contributed by atoms with Gasteiger partial charge in [-0.3, -0.25) is 0 Å². The van der Waals surface area contributed by atoms with Crippen molar-refractivity contribution in [3.8, 4) is 0 Å². The van der Waals surface area contributed by atoms with Gasteiger partial charge in [-0.25, -0.2) is 8.78 Å². The maximum Gasteiger partial charge on any atom is 0.128 e. The molecule has 0 amide bonds. The van der Waals surface area contributed by atoms with Gasteiger partial charge in [-0.05, 0) is 25.5 Å². The van der Waals surface area contributed by atoms with E-state index in [-0.39, 0.29) is 18.2 Å². The molecule has 84 valence electrons. The smallest absolute Gasteiger partial charge is 0.128 e. The van der Waals surface area contributed by atoms with Crippen LogP contribution in [0.3, 0.4) is 0 Å². The highest BCUT2D eigenvalue weighted by molar-refractivity contribution is 5.85. The predicted molar refractivity (Wildman–Crippen MR) is 58.5 cm³/mol. The van der Waals surface area contributed by atoms with Crippen LogP contribution in [-0.4, -0.2) is 12.7 Å². The fourth-order valence-electron chi connectivity index (χ4n) is 1.88. The number of halogens is 3. The van der Waals surface area contributed by atoms with Crippen molar-refractivity contribution >= 4 is 12.4 Å². The molecule has 4 heteroatoms. The lowest BCUT2D eigenvalue weighted by Crippen LogP contribution is -2.35. The molecule has 1 N–H and O–H groups in total. The third-order valence-electron chi connectivity index (χ3n) is 2.62. The Morgan fingerprint density at radius 1 is 1.27 bits per heavy atom. The van der Waals surface area contributed by atoms with Crippen molar-refractivity contribution in [3.63, 3.8) is 0 Å². The van der Waals surface area contributed by atoms with Crippen LogP contribution < -0.4 is 5.32 Å². The van der Waals surface area contributed by atoms with Crippen LogP contribution >= 0.6 is 12.4 Å². The summed E-state index contributed by atoms with van der Waals surface area (Å²) in [6.07, 6.45) is 0.374. The first-order chi connectivity index (χ1) is 6.79. The van der Waals surface area contributed by atoms with Gasteiger partial charge in [0.1, 0.15) is 12.0 Å². The Labute approximate surface area is 94.3 Å². The number of piperidine rings is 1. The molecule has 2 unspecified atom stereocenters. The summed E-state index contributed by atoms with van der Waals surface area (Å²) < 4.78 is 26.8. The molecule has 0 radical (unpaired) electrons. The van der Waals surface area contributed by atoms with Crippen molar-refractivity contribution in [1.29, 1.82) is 0 Å². The molecular weight excluding hydrogens is 220 g/mol. The molecule has 1 aliphatic heterocycles. The molecule has 15 heavy (non-hydrogen) atoms. The first-order valence-corrected chi connectivity index (χ1v) is 4.91. The summed E-state index contributed by atoms with van der Waals surface area (Å²) in [5.41, 5.74) is 0.444. The Hall–Kier alpha value is -0.670. The highest BCUT2D eigenvalue weighted by Crippen LogP contribution is 2.27. The minimum atomic E-state index is -0.972. The lowest BCUT2D eigenvalue weighted by atomic mass is 9.95. The average molecular weight is 234 g/mol. The molecule has 1 aromatic carbocycles. The first-order valence-electron chi connectivity index (χ1n) is 4.91. The minimum Gasteiger partial charge on any atom is -0.307 e. The summed E-state index contributed by atoms with van der Waals surface area (Å²) in [7, 11) is 0. The van der Waals surface area contributed by atoms with Gasteiger partial charge >= 0.3 is 0 Å². The fourth-order valence-corrected chi connectivity index (χ4v) is 1.88. The number of alkyl halides is 1. The topological polar surface area (TPSA) is 12.0 Å². The molecule has 2 rings (SSSR count). The van der Waals surface area contributed by atoms with Gasteiger partial charge in [0.05, 0.1) is 6.04 Å². The summed E-state index contributed by atoms with van der Waals surface area (Å²) in [6, 6.07) is 5.91. The van der Waals surface area contributed by atoms with Gasteiger partial charge in [-0.15, -0.1) is 12.4 Å². The van der Waals surface area contributed by atoms with Crippen molar-refractivity contribution < 1.29 is 8.78 Å². The molecule has 1 aromatic rings.